The molecule has 2 unspecified atom stereocenters. The van der Waals surface area contributed by atoms with E-state index in [1.165, 1.54) is 0 Å². The van der Waals surface area contributed by atoms with Crippen LogP contribution in [-0.4, -0.2) is 48.2 Å². The van der Waals surface area contributed by atoms with Gasteiger partial charge in [-0.2, -0.15) is 25.3 Å². The average molecular weight is 701 g/mol. The molecule has 12 heteroatoms. The quantitative estimate of drug-likeness (QED) is 0.130. The number of allylic oxidation sites excluding steroid dienone is 3. The summed E-state index contributed by atoms with van der Waals surface area (Å²) in [5.41, 5.74) is 11.6. The number of hydrogen-bond acceptors (Lipinski definition) is 7. The number of rotatable bonds is 9. The first-order chi connectivity index (χ1) is 21.3. The third-order valence-electron chi connectivity index (χ3n) is 8.58. The molecule has 0 saturated heterocycles. The molecule has 3 aromatic rings. The number of aryl methyl sites for hydroxylation is 3. The number of carboxylic acids is 2. The van der Waals surface area contributed by atoms with Crippen LogP contribution >= 0.6 is 25.3 Å². The molecule has 3 aromatic heterocycles. The molecule has 0 fully saturated rings. The van der Waals surface area contributed by atoms with E-state index in [-0.39, 0.29) is 53.8 Å². The number of carboxylic acid groups (broad SMARTS) is 2. The van der Waals surface area contributed by atoms with Crippen molar-refractivity contribution in [2.45, 2.75) is 71.7 Å². The van der Waals surface area contributed by atoms with E-state index in [2.05, 4.69) is 12.6 Å². The van der Waals surface area contributed by atoms with E-state index < -0.39 is 18.0 Å². The molecule has 242 valence electrons. The van der Waals surface area contributed by atoms with Crippen molar-refractivity contribution in [1.82, 2.24) is 19.9 Å². The first kappa shape index (κ1) is 35.6. The van der Waals surface area contributed by atoms with Gasteiger partial charge in [-0.05, 0) is 75.3 Å². The number of thiol groups is 2. The molecule has 8 bridgehead atoms. The van der Waals surface area contributed by atoms with Crippen LogP contribution in [0.3, 0.4) is 0 Å². The van der Waals surface area contributed by atoms with Crippen molar-refractivity contribution in [2.24, 2.45) is 0 Å². The van der Waals surface area contributed by atoms with Gasteiger partial charge < -0.3 is 25.3 Å². The van der Waals surface area contributed by atoms with Crippen LogP contribution in [0.1, 0.15) is 91.2 Å². The normalized spacial score (nSPS) is 14.3. The summed E-state index contributed by atoms with van der Waals surface area (Å²) in [6, 6.07) is 7.47. The zero-order chi connectivity index (χ0) is 32.7. The number of aliphatic hydroxyl groups excluding tert-OH is 1. The van der Waals surface area contributed by atoms with E-state index in [9.17, 15) is 24.9 Å². The van der Waals surface area contributed by atoms with Gasteiger partial charge in [0.2, 0.25) is 0 Å². The van der Waals surface area contributed by atoms with Crippen molar-refractivity contribution < 1.29 is 42.0 Å². The molecule has 2 aliphatic rings. The molecule has 0 aliphatic carbocycles. The number of carbonyl (C=O) groups is 2. The van der Waals surface area contributed by atoms with E-state index in [1.807, 2.05) is 58.9 Å². The molecule has 3 N–H and O–H groups in total. The Morgan fingerprint density at radius 3 is 1.93 bits per heavy atom. The molecule has 9 nitrogen and oxygen atoms in total. The predicted molar refractivity (Wildman–Crippen MR) is 183 cm³/mol. The summed E-state index contributed by atoms with van der Waals surface area (Å²) < 4.78 is 0. The van der Waals surface area contributed by atoms with Gasteiger partial charge in [0.15, 0.2) is 0 Å². The standard InChI is InChI=1S/C34H38N4O5S2.Fe/c1-15-20(6-8-31(40)41)26-13-27-21(7-9-32(42)43)16(2)23(36-27)11-28-33(19(5)45)17(3)25(37-28)12-29-34(30(39)14-44)18(4)24(38-29)10-22(15)35-26;/h10-13,19,30,39H,6-9,14H2,1-5H3,(H6,35,36,37,38,40,41,42,43,44,45);/q;+2/p-2. The van der Waals surface area contributed by atoms with Gasteiger partial charge >= 0.3 is 29.0 Å². The van der Waals surface area contributed by atoms with Crippen molar-refractivity contribution in [3.05, 3.63) is 69.3 Å². The third-order valence-corrected chi connectivity index (χ3v) is 9.18. The van der Waals surface area contributed by atoms with Gasteiger partial charge in [0.25, 0.3) is 0 Å². The molecule has 0 amide bonds. The zero-order valence-electron chi connectivity index (χ0n) is 26.2. The van der Waals surface area contributed by atoms with Crippen LogP contribution in [0.4, 0.5) is 0 Å². The fraction of sp³-hybridized carbons (Fsp3) is 0.353. The van der Waals surface area contributed by atoms with Gasteiger partial charge in [0.1, 0.15) is 0 Å². The summed E-state index contributed by atoms with van der Waals surface area (Å²) in [6.45, 7) is 9.70. The Labute approximate surface area is 289 Å². The second-order valence-electron chi connectivity index (χ2n) is 11.6. The first-order valence-electron chi connectivity index (χ1n) is 14.8. The minimum Gasteiger partial charge on any atom is -0.657 e. The molecule has 2 atom stereocenters. The molecule has 0 saturated carbocycles. The summed E-state index contributed by atoms with van der Waals surface area (Å²) in [5.74, 6) is -1.62. The molecule has 0 aromatic carbocycles. The van der Waals surface area contributed by atoms with Crippen molar-refractivity contribution >= 4 is 81.6 Å². The molecular formula is C34H36FeN4O5S2. The molecule has 0 spiro atoms. The smallest absolute Gasteiger partial charge is 0.657 e. The maximum absolute atomic E-state index is 11.6. The Hall–Kier alpha value is -3.28. The van der Waals surface area contributed by atoms with E-state index in [4.69, 9.17) is 32.6 Å². The molecule has 5 heterocycles. The number of hydrogen-bond donors (Lipinski definition) is 5. The van der Waals surface area contributed by atoms with Gasteiger partial charge in [0, 0.05) is 23.8 Å². The third kappa shape index (κ3) is 6.87. The minimum atomic E-state index is -0.920. The Morgan fingerprint density at radius 1 is 0.783 bits per heavy atom. The maximum Gasteiger partial charge on any atom is 2.00 e. The van der Waals surface area contributed by atoms with Crippen LogP contribution in [0.25, 0.3) is 44.4 Å². The SMILES string of the molecule is CC1=C(CCC(=O)O)c2cc3[n-]c(cc4nc(cc5[n-]c(cc1n2)c(C)c5C(O)CS)C(C)=C4C(C)S)c(C)c3CCC(=O)O.[Fe+2]. The van der Waals surface area contributed by atoms with Crippen LogP contribution in [0, 0.1) is 13.8 Å². The van der Waals surface area contributed by atoms with Gasteiger partial charge in [-0.25, -0.2) is 9.97 Å². The molecule has 2 aliphatic heterocycles. The zero-order valence-corrected chi connectivity index (χ0v) is 29.1. The van der Waals surface area contributed by atoms with Crippen molar-refractivity contribution in [3.63, 3.8) is 0 Å². The van der Waals surface area contributed by atoms with Crippen LogP contribution < -0.4 is 9.97 Å². The van der Waals surface area contributed by atoms with Gasteiger partial charge in [-0.3, -0.25) is 9.59 Å². The van der Waals surface area contributed by atoms with E-state index in [0.29, 0.717) is 50.4 Å². The van der Waals surface area contributed by atoms with E-state index in [1.54, 1.807) is 0 Å². The summed E-state index contributed by atoms with van der Waals surface area (Å²) in [7, 11) is 0. The van der Waals surface area contributed by atoms with Crippen LogP contribution in [0.5, 0.6) is 0 Å². The number of nitrogens with zero attached hydrogens (tertiary/aromatic N) is 4. The minimum absolute atomic E-state index is 0. The van der Waals surface area contributed by atoms with Crippen molar-refractivity contribution in [1.29, 1.82) is 0 Å². The van der Waals surface area contributed by atoms with Crippen LogP contribution in [0.2, 0.25) is 0 Å². The summed E-state index contributed by atoms with van der Waals surface area (Å²) in [4.78, 5) is 43.0. The molecule has 46 heavy (non-hydrogen) atoms. The number of aliphatic hydroxyl groups is 1. The largest absolute Gasteiger partial charge is 2.00 e. The molecule has 5 rings (SSSR count). The summed E-state index contributed by atoms with van der Waals surface area (Å²) >= 11 is 9.13. The van der Waals surface area contributed by atoms with Crippen LogP contribution in [0.15, 0.2) is 24.3 Å². The first-order valence-corrected chi connectivity index (χ1v) is 15.9. The Morgan fingerprint density at radius 2 is 1.30 bits per heavy atom. The number of aromatic nitrogens is 4. The number of fused-ring (bicyclic) bond motifs is 8. The van der Waals surface area contributed by atoms with Crippen molar-refractivity contribution in [3.8, 4) is 0 Å². The fourth-order valence-electron chi connectivity index (χ4n) is 6.14. The Bertz CT molecular complexity index is 1960. The average Bonchev–Trinajstić information content (AvgIpc) is 3.63. The van der Waals surface area contributed by atoms with E-state index in [0.717, 1.165) is 39.0 Å². The van der Waals surface area contributed by atoms with Crippen molar-refractivity contribution in [2.75, 3.05) is 5.75 Å². The van der Waals surface area contributed by atoms with E-state index >= 15 is 0 Å². The second-order valence-corrected chi connectivity index (χ2v) is 12.7. The second kappa shape index (κ2) is 14.2. The summed E-state index contributed by atoms with van der Waals surface area (Å²) in [6.07, 6.45) is -0.473. The topological polar surface area (TPSA) is 149 Å². The van der Waals surface area contributed by atoms with Crippen LogP contribution in [-0.2, 0) is 33.1 Å². The predicted octanol–water partition coefficient (Wildman–Crippen LogP) is 6.21. The van der Waals surface area contributed by atoms with Gasteiger partial charge in [-0.15, -0.1) is 22.1 Å². The number of aliphatic carboxylic acids is 2. The summed E-state index contributed by atoms with van der Waals surface area (Å²) in [5, 5.41) is 29.8. The maximum atomic E-state index is 11.6. The fourth-order valence-corrected chi connectivity index (χ4v) is 6.65. The monoisotopic (exact) mass is 700 g/mol. The Kier molecular flexibility index (Phi) is 11.0. The molecular weight excluding hydrogens is 664 g/mol. The Balaban J connectivity index is 0.00000480. The van der Waals surface area contributed by atoms with Gasteiger partial charge in [0.05, 0.1) is 28.9 Å². The van der Waals surface area contributed by atoms with Gasteiger partial charge in [-0.1, -0.05) is 41.0 Å². The molecule has 0 radical (unpaired) electrons.